The third kappa shape index (κ3) is 2.36. The lowest BCUT2D eigenvalue weighted by Crippen LogP contribution is -2.47. The Hall–Kier alpha value is -2.60. The van der Waals surface area contributed by atoms with Gasteiger partial charge in [-0.3, -0.25) is 9.69 Å². The molecule has 2 heterocycles. The third-order valence-corrected chi connectivity index (χ3v) is 4.99. The molecule has 7 heteroatoms. The van der Waals surface area contributed by atoms with E-state index in [9.17, 15) is 14.0 Å². The van der Waals surface area contributed by atoms with E-state index >= 15 is 0 Å². The van der Waals surface area contributed by atoms with Crippen molar-refractivity contribution in [1.82, 2.24) is 10.2 Å². The van der Waals surface area contributed by atoms with Gasteiger partial charge in [0.05, 0.1) is 13.2 Å². The zero-order valence-electron chi connectivity index (χ0n) is 13.1. The molecule has 1 spiro atoms. The van der Waals surface area contributed by atoms with Crippen molar-refractivity contribution in [3.63, 3.8) is 0 Å². The molecule has 2 aromatic rings. The van der Waals surface area contributed by atoms with Crippen molar-refractivity contribution < 1.29 is 18.7 Å². The Morgan fingerprint density at radius 1 is 1.20 bits per heavy atom. The minimum Gasteiger partial charge on any atom is -0.493 e. The Balaban J connectivity index is 1.73. The van der Waals surface area contributed by atoms with Crippen molar-refractivity contribution in [2.45, 2.75) is 18.5 Å². The number of carbonyl (C=O) groups is 2. The van der Waals surface area contributed by atoms with Gasteiger partial charge in [0.2, 0.25) is 0 Å². The van der Waals surface area contributed by atoms with Gasteiger partial charge in [-0.05, 0) is 18.2 Å². The Bertz CT molecular complexity index is 868. The number of urea groups is 1. The van der Waals surface area contributed by atoms with Gasteiger partial charge in [-0.2, -0.15) is 0 Å². The zero-order valence-corrected chi connectivity index (χ0v) is 13.8. The molecule has 0 radical (unpaired) electrons. The van der Waals surface area contributed by atoms with E-state index in [4.69, 9.17) is 16.3 Å². The van der Waals surface area contributed by atoms with Gasteiger partial charge in [-0.1, -0.05) is 35.9 Å². The van der Waals surface area contributed by atoms with Crippen LogP contribution in [0.5, 0.6) is 5.75 Å². The number of hydrogen-bond acceptors (Lipinski definition) is 3. The van der Waals surface area contributed by atoms with Crippen LogP contribution in [0.1, 0.15) is 17.5 Å². The summed E-state index contributed by atoms with van der Waals surface area (Å²) in [6.07, 6.45) is 0.316. The number of nitrogens with one attached hydrogen (secondary N) is 1. The maximum Gasteiger partial charge on any atom is 0.325 e. The van der Waals surface area contributed by atoms with Crippen molar-refractivity contribution >= 4 is 23.5 Å². The number of fused-ring (bicyclic) bond motifs is 2. The molecule has 2 aliphatic heterocycles. The Morgan fingerprint density at radius 2 is 2.00 bits per heavy atom. The van der Waals surface area contributed by atoms with Crippen molar-refractivity contribution in [1.29, 1.82) is 0 Å². The van der Waals surface area contributed by atoms with Crippen LogP contribution in [0.3, 0.4) is 0 Å². The molecule has 1 N–H and O–H groups in total. The van der Waals surface area contributed by atoms with E-state index in [1.165, 1.54) is 18.2 Å². The molecule has 0 bridgehead atoms. The second-order valence-electron chi connectivity index (χ2n) is 6.02. The summed E-state index contributed by atoms with van der Waals surface area (Å²) in [7, 11) is 0. The number of carbonyl (C=O) groups excluding carboxylic acids is 2. The lowest BCUT2D eigenvalue weighted by atomic mass is 9.84. The fourth-order valence-corrected chi connectivity index (χ4v) is 3.58. The Kier molecular flexibility index (Phi) is 3.65. The van der Waals surface area contributed by atoms with E-state index in [2.05, 4.69) is 5.32 Å². The minimum atomic E-state index is -1.18. The van der Waals surface area contributed by atoms with Crippen LogP contribution < -0.4 is 10.1 Å². The van der Waals surface area contributed by atoms with Gasteiger partial charge in [0.1, 0.15) is 11.6 Å². The van der Waals surface area contributed by atoms with Crippen molar-refractivity contribution in [2.24, 2.45) is 0 Å². The summed E-state index contributed by atoms with van der Waals surface area (Å²) < 4.78 is 19.6. The second-order valence-corrected chi connectivity index (χ2v) is 6.43. The highest BCUT2D eigenvalue weighted by atomic mass is 35.5. The number of rotatable bonds is 2. The SMILES string of the molecule is O=C1N[C@@]2(CCOc3ccccc32)C(=O)N1Cc1c(F)cccc1Cl. The van der Waals surface area contributed by atoms with Gasteiger partial charge >= 0.3 is 6.03 Å². The first-order valence-electron chi connectivity index (χ1n) is 7.82. The summed E-state index contributed by atoms with van der Waals surface area (Å²) in [5.41, 5.74) is -0.448. The van der Waals surface area contributed by atoms with Crippen LogP contribution >= 0.6 is 11.6 Å². The molecular formula is C18H14ClFN2O3. The molecule has 25 heavy (non-hydrogen) atoms. The first kappa shape index (κ1) is 15.9. The molecule has 1 fully saturated rings. The van der Waals surface area contributed by atoms with Crippen LogP contribution in [-0.4, -0.2) is 23.4 Å². The smallest absolute Gasteiger partial charge is 0.325 e. The highest BCUT2D eigenvalue weighted by Crippen LogP contribution is 2.41. The molecular weight excluding hydrogens is 347 g/mol. The van der Waals surface area contributed by atoms with E-state index in [0.29, 0.717) is 24.3 Å². The average Bonchev–Trinajstić information content (AvgIpc) is 2.83. The molecule has 0 aliphatic carbocycles. The number of benzene rings is 2. The van der Waals surface area contributed by atoms with Crippen molar-refractivity contribution in [3.05, 3.63) is 64.4 Å². The topological polar surface area (TPSA) is 58.6 Å². The summed E-state index contributed by atoms with van der Waals surface area (Å²) in [5, 5.41) is 2.95. The molecule has 1 atom stereocenters. The molecule has 128 valence electrons. The summed E-state index contributed by atoms with van der Waals surface area (Å²) in [4.78, 5) is 26.6. The number of imide groups is 1. The molecule has 3 amide bonds. The summed E-state index contributed by atoms with van der Waals surface area (Å²) in [6, 6.07) is 10.8. The predicted molar refractivity (Wildman–Crippen MR) is 88.7 cm³/mol. The molecule has 1 saturated heterocycles. The van der Waals surface area contributed by atoms with E-state index < -0.39 is 23.3 Å². The molecule has 2 aliphatic rings. The highest BCUT2D eigenvalue weighted by Gasteiger charge is 2.54. The minimum absolute atomic E-state index is 0.116. The monoisotopic (exact) mass is 360 g/mol. The first-order chi connectivity index (χ1) is 12.0. The third-order valence-electron chi connectivity index (χ3n) is 4.64. The van der Waals surface area contributed by atoms with Crippen LogP contribution in [0, 0.1) is 5.82 Å². The molecule has 5 nitrogen and oxygen atoms in total. The van der Waals surface area contributed by atoms with Crippen LogP contribution in [0.15, 0.2) is 42.5 Å². The summed E-state index contributed by atoms with van der Waals surface area (Å²) in [5.74, 6) is -0.415. The molecule has 0 unspecified atom stereocenters. The number of halogens is 2. The fourth-order valence-electron chi connectivity index (χ4n) is 3.36. The molecule has 4 rings (SSSR count). The molecule has 2 aromatic carbocycles. The maximum atomic E-state index is 14.1. The largest absolute Gasteiger partial charge is 0.493 e. The fraction of sp³-hybridized carbons (Fsp3) is 0.222. The predicted octanol–water partition coefficient (Wildman–Crippen LogP) is 3.21. The number of amides is 3. The van der Waals surface area contributed by atoms with E-state index in [-0.39, 0.29) is 17.1 Å². The van der Waals surface area contributed by atoms with E-state index in [0.717, 1.165) is 4.90 Å². The normalized spacial score (nSPS) is 21.9. The standard InChI is InChI=1S/C18H14ClFN2O3/c19-13-5-3-6-14(20)11(13)10-22-16(23)18(21-17(22)24)8-9-25-15-7-2-1-4-12(15)18/h1-7H,8-10H2,(H,21,24)/t18-/m1/s1. The van der Waals surface area contributed by atoms with E-state index in [1.54, 1.807) is 24.3 Å². The number of para-hydroxylation sites is 1. The summed E-state index contributed by atoms with van der Waals surface area (Å²) in [6.45, 7) is 0.0816. The van der Waals surface area contributed by atoms with Gasteiger partial charge in [-0.25, -0.2) is 9.18 Å². The van der Waals surface area contributed by atoms with Gasteiger partial charge in [-0.15, -0.1) is 0 Å². The highest BCUT2D eigenvalue weighted by molar-refractivity contribution is 6.31. The van der Waals surface area contributed by atoms with Crippen molar-refractivity contribution in [3.8, 4) is 5.75 Å². The lowest BCUT2D eigenvalue weighted by molar-refractivity contribution is -0.133. The lowest BCUT2D eigenvalue weighted by Gasteiger charge is -2.33. The van der Waals surface area contributed by atoms with Crippen LogP contribution in [-0.2, 0) is 16.9 Å². The maximum absolute atomic E-state index is 14.1. The molecule has 0 aromatic heterocycles. The van der Waals surface area contributed by atoms with Gasteiger partial charge in [0, 0.05) is 22.6 Å². The Labute approximate surface area is 148 Å². The number of ether oxygens (including phenoxy) is 1. The summed E-state index contributed by atoms with van der Waals surface area (Å²) >= 11 is 6.03. The van der Waals surface area contributed by atoms with Crippen LogP contribution in [0.25, 0.3) is 0 Å². The van der Waals surface area contributed by atoms with Crippen LogP contribution in [0.2, 0.25) is 5.02 Å². The van der Waals surface area contributed by atoms with Gasteiger partial charge in [0.25, 0.3) is 5.91 Å². The van der Waals surface area contributed by atoms with Crippen molar-refractivity contribution in [2.75, 3.05) is 6.61 Å². The van der Waals surface area contributed by atoms with Gasteiger partial charge < -0.3 is 10.1 Å². The van der Waals surface area contributed by atoms with Gasteiger partial charge in [0.15, 0.2) is 5.54 Å². The van der Waals surface area contributed by atoms with E-state index in [1.807, 2.05) is 0 Å². The zero-order chi connectivity index (χ0) is 17.6. The number of hydrogen-bond donors (Lipinski definition) is 1. The Morgan fingerprint density at radius 3 is 2.80 bits per heavy atom. The van der Waals surface area contributed by atoms with Crippen LogP contribution in [0.4, 0.5) is 9.18 Å². The second kappa shape index (κ2) is 5.74. The quantitative estimate of drug-likeness (QED) is 0.837. The molecule has 0 saturated carbocycles. The number of nitrogens with zero attached hydrogens (tertiary/aromatic N) is 1. The first-order valence-corrected chi connectivity index (χ1v) is 8.20. The average molecular weight is 361 g/mol.